The zero-order valence-corrected chi connectivity index (χ0v) is 20.9. The number of halogens is 4. The van der Waals surface area contributed by atoms with Gasteiger partial charge in [0.1, 0.15) is 11.5 Å². The largest absolute Gasteiger partial charge is 0.383 e. The molecule has 0 bridgehead atoms. The number of nitrogens with one attached hydrogen (secondary N) is 3. The first-order valence-corrected chi connectivity index (χ1v) is 12.3. The van der Waals surface area contributed by atoms with E-state index in [-0.39, 0.29) is 30.5 Å². The standard InChI is InChI=1S/C20H26F3IN4O3S/c1-4-28(10-9-25-13(2)12-31-3)32(29,30)27-18-8-6-15(21)19(23)20(18)26-17-7-5-14(24)11-16(17)22/h5-8,11,13,25-27H,4,9-10,12H2,1-3H3. The van der Waals surface area contributed by atoms with Gasteiger partial charge in [0.2, 0.25) is 0 Å². The van der Waals surface area contributed by atoms with Crippen molar-refractivity contribution >= 4 is 49.9 Å². The lowest BCUT2D eigenvalue weighted by Gasteiger charge is -2.24. The van der Waals surface area contributed by atoms with Crippen LogP contribution in [0, 0.1) is 21.0 Å². The highest BCUT2D eigenvalue weighted by atomic mass is 127. The number of hydrogen-bond donors (Lipinski definition) is 3. The molecule has 32 heavy (non-hydrogen) atoms. The van der Waals surface area contributed by atoms with Crippen molar-refractivity contribution in [2.45, 2.75) is 19.9 Å². The molecule has 0 heterocycles. The van der Waals surface area contributed by atoms with E-state index < -0.39 is 33.3 Å². The second-order valence-electron chi connectivity index (χ2n) is 6.94. The average molecular weight is 586 g/mol. The Morgan fingerprint density at radius 2 is 1.81 bits per heavy atom. The lowest BCUT2D eigenvalue weighted by molar-refractivity contribution is 0.171. The van der Waals surface area contributed by atoms with E-state index in [9.17, 15) is 21.6 Å². The van der Waals surface area contributed by atoms with E-state index in [1.54, 1.807) is 20.1 Å². The lowest BCUT2D eigenvalue weighted by Crippen LogP contribution is -2.42. The second-order valence-corrected chi connectivity index (χ2v) is 9.86. The van der Waals surface area contributed by atoms with Crippen LogP contribution in [0.5, 0.6) is 0 Å². The van der Waals surface area contributed by atoms with Crippen LogP contribution in [-0.4, -0.2) is 52.1 Å². The van der Waals surface area contributed by atoms with Gasteiger partial charge >= 0.3 is 10.2 Å². The summed E-state index contributed by atoms with van der Waals surface area (Å²) < 4.78 is 77.5. The van der Waals surface area contributed by atoms with Crippen molar-refractivity contribution in [3.63, 3.8) is 0 Å². The molecular formula is C20H26F3IN4O3S. The molecule has 2 rings (SSSR count). The highest BCUT2D eigenvalue weighted by Gasteiger charge is 2.24. The van der Waals surface area contributed by atoms with Gasteiger partial charge in [-0.25, -0.2) is 13.2 Å². The smallest absolute Gasteiger partial charge is 0.301 e. The second kappa shape index (κ2) is 12.0. The first-order valence-electron chi connectivity index (χ1n) is 9.79. The normalized spacial score (nSPS) is 12.8. The summed E-state index contributed by atoms with van der Waals surface area (Å²) in [6, 6.07) is 6.04. The van der Waals surface area contributed by atoms with Gasteiger partial charge in [-0.2, -0.15) is 12.7 Å². The zero-order valence-electron chi connectivity index (χ0n) is 17.9. The monoisotopic (exact) mass is 586 g/mol. The number of methoxy groups -OCH3 is 1. The fourth-order valence-electron chi connectivity index (χ4n) is 2.88. The van der Waals surface area contributed by atoms with Crippen LogP contribution in [0.25, 0.3) is 0 Å². The predicted molar refractivity (Wildman–Crippen MR) is 128 cm³/mol. The topological polar surface area (TPSA) is 82.7 Å². The Morgan fingerprint density at radius 3 is 2.44 bits per heavy atom. The lowest BCUT2D eigenvalue weighted by atomic mass is 10.2. The molecule has 2 aromatic carbocycles. The fourth-order valence-corrected chi connectivity index (χ4v) is 4.58. The molecule has 0 radical (unpaired) electrons. The van der Waals surface area contributed by atoms with Crippen LogP contribution in [0.2, 0.25) is 0 Å². The molecule has 0 aromatic heterocycles. The van der Waals surface area contributed by atoms with E-state index in [2.05, 4.69) is 15.4 Å². The number of rotatable bonds is 12. The minimum atomic E-state index is -4.11. The van der Waals surface area contributed by atoms with Crippen LogP contribution in [0.1, 0.15) is 13.8 Å². The molecule has 0 saturated heterocycles. The van der Waals surface area contributed by atoms with Crippen LogP contribution < -0.4 is 15.4 Å². The first-order chi connectivity index (χ1) is 15.1. The Bertz CT molecular complexity index is 1030. The Kier molecular flexibility index (Phi) is 10.0. The van der Waals surface area contributed by atoms with Gasteiger partial charge in [-0.05, 0) is 59.8 Å². The fraction of sp³-hybridized carbons (Fsp3) is 0.400. The minimum Gasteiger partial charge on any atom is -0.383 e. The summed E-state index contributed by atoms with van der Waals surface area (Å²) in [5, 5.41) is 5.60. The van der Waals surface area contributed by atoms with Crippen LogP contribution in [0.15, 0.2) is 30.3 Å². The number of ether oxygens (including phenoxy) is 1. The number of likely N-dealkylation sites (N-methyl/N-ethyl adjacent to an activating group) is 1. The SMILES string of the molecule is CCN(CCNC(C)COC)S(=O)(=O)Nc1ccc(F)c(F)c1Nc1ccc(I)cc1F. The number of nitrogens with zero attached hydrogens (tertiary/aromatic N) is 1. The molecule has 1 unspecified atom stereocenters. The van der Waals surface area contributed by atoms with Crippen LogP contribution in [0.4, 0.5) is 30.2 Å². The zero-order chi connectivity index (χ0) is 23.9. The van der Waals surface area contributed by atoms with Gasteiger partial charge in [-0.1, -0.05) is 6.92 Å². The van der Waals surface area contributed by atoms with Crippen LogP contribution >= 0.6 is 22.6 Å². The van der Waals surface area contributed by atoms with Crippen LogP contribution in [-0.2, 0) is 14.9 Å². The summed E-state index contributed by atoms with van der Waals surface area (Å²) in [5.74, 6) is -3.23. The summed E-state index contributed by atoms with van der Waals surface area (Å²) in [5.41, 5.74) is -0.892. The molecule has 0 aliphatic carbocycles. The summed E-state index contributed by atoms with van der Waals surface area (Å²) in [4.78, 5) is 0. The van der Waals surface area contributed by atoms with E-state index in [0.29, 0.717) is 16.7 Å². The summed E-state index contributed by atoms with van der Waals surface area (Å²) in [6.45, 7) is 4.66. The Hall–Kier alpha value is -1.61. The van der Waals surface area contributed by atoms with Gasteiger partial charge in [-0.15, -0.1) is 0 Å². The van der Waals surface area contributed by atoms with Crippen molar-refractivity contribution in [3.8, 4) is 0 Å². The van der Waals surface area contributed by atoms with E-state index >= 15 is 0 Å². The molecule has 178 valence electrons. The van der Waals surface area contributed by atoms with Gasteiger partial charge < -0.3 is 15.4 Å². The van der Waals surface area contributed by atoms with E-state index in [1.165, 1.54) is 12.1 Å². The molecule has 3 N–H and O–H groups in total. The molecule has 12 heteroatoms. The molecule has 0 amide bonds. The number of benzene rings is 2. The summed E-state index contributed by atoms with van der Waals surface area (Å²) >= 11 is 1.91. The van der Waals surface area contributed by atoms with Crippen LogP contribution in [0.3, 0.4) is 0 Å². The molecule has 0 spiro atoms. The Labute approximate surface area is 200 Å². The van der Waals surface area contributed by atoms with Gasteiger partial charge in [0.05, 0.1) is 18.0 Å². The third-order valence-corrected chi connectivity index (χ3v) is 6.76. The average Bonchev–Trinajstić information content (AvgIpc) is 2.72. The number of anilines is 3. The van der Waals surface area contributed by atoms with E-state index in [1.807, 2.05) is 29.5 Å². The maximum atomic E-state index is 14.5. The highest BCUT2D eigenvalue weighted by molar-refractivity contribution is 14.1. The van der Waals surface area contributed by atoms with Crippen molar-refractivity contribution < 1.29 is 26.3 Å². The van der Waals surface area contributed by atoms with E-state index in [0.717, 1.165) is 16.4 Å². The molecule has 0 aliphatic rings. The van der Waals surface area contributed by atoms with Crippen molar-refractivity contribution in [1.82, 2.24) is 9.62 Å². The Morgan fingerprint density at radius 1 is 1.12 bits per heavy atom. The quantitative estimate of drug-likeness (QED) is 0.327. The van der Waals surface area contributed by atoms with Gasteiger partial charge in [-0.3, -0.25) is 4.72 Å². The van der Waals surface area contributed by atoms with Gasteiger partial charge in [0.15, 0.2) is 11.6 Å². The minimum absolute atomic E-state index is 0.0280. The summed E-state index contributed by atoms with van der Waals surface area (Å²) in [7, 11) is -2.54. The Balaban J connectivity index is 2.25. The van der Waals surface area contributed by atoms with Crippen molar-refractivity contribution in [3.05, 3.63) is 51.4 Å². The molecule has 2 aromatic rings. The summed E-state index contributed by atoms with van der Waals surface area (Å²) in [6.07, 6.45) is 0. The highest BCUT2D eigenvalue weighted by Crippen LogP contribution is 2.32. The maximum absolute atomic E-state index is 14.5. The molecule has 0 fully saturated rings. The van der Waals surface area contributed by atoms with Crippen molar-refractivity contribution in [2.75, 3.05) is 43.4 Å². The molecule has 0 saturated carbocycles. The molecule has 0 aliphatic heterocycles. The van der Waals surface area contributed by atoms with Gasteiger partial charge in [0.25, 0.3) is 0 Å². The van der Waals surface area contributed by atoms with Crippen molar-refractivity contribution in [2.24, 2.45) is 0 Å². The van der Waals surface area contributed by atoms with E-state index in [4.69, 9.17) is 4.74 Å². The third-order valence-electron chi connectivity index (χ3n) is 4.49. The third kappa shape index (κ3) is 7.20. The maximum Gasteiger partial charge on any atom is 0.301 e. The van der Waals surface area contributed by atoms with Gasteiger partial charge in [0, 0.05) is 36.4 Å². The number of hydrogen-bond acceptors (Lipinski definition) is 5. The molecule has 1 atom stereocenters. The first kappa shape index (κ1) is 26.6. The van der Waals surface area contributed by atoms with Crippen molar-refractivity contribution in [1.29, 1.82) is 0 Å². The molecule has 7 nitrogen and oxygen atoms in total. The predicted octanol–water partition coefficient (Wildman–Crippen LogP) is 4.06. The molecular weight excluding hydrogens is 560 g/mol.